The minimum atomic E-state index is -0.378. The molecular weight excluding hydrogens is 378 g/mol. The van der Waals surface area contributed by atoms with Crippen LogP contribution in [0.3, 0.4) is 0 Å². The van der Waals surface area contributed by atoms with Crippen molar-refractivity contribution in [3.8, 4) is 0 Å². The normalized spacial score (nSPS) is 11.0. The summed E-state index contributed by atoms with van der Waals surface area (Å²) in [4.78, 5) is 25.1. The van der Waals surface area contributed by atoms with Crippen molar-refractivity contribution in [2.75, 3.05) is 12.3 Å². The molecular formula is C20H19N3O2S2. The Hall–Kier alpha value is -2.64. The van der Waals surface area contributed by atoms with Gasteiger partial charge >= 0.3 is 0 Å². The summed E-state index contributed by atoms with van der Waals surface area (Å²) in [5.74, 6) is 0.316. The molecule has 2 N–H and O–H groups in total. The largest absolute Gasteiger partial charge is 0.343 e. The summed E-state index contributed by atoms with van der Waals surface area (Å²) in [6, 6.07) is 15.3. The lowest BCUT2D eigenvalue weighted by atomic mass is 10.2. The van der Waals surface area contributed by atoms with Crippen molar-refractivity contribution < 1.29 is 9.59 Å². The molecule has 0 radical (unpaired) electrons. The molecule has 7 heteroatoms. The number of carbonyl (C=O) groups excluding carboxylic acids is 2. The van der Waals surface area contributed by atoms with Gasteiger partial charge in [-0.1, -0.05) is 25.1 Å². The van der Waals surface area contributed by atoms with Crippen LogP contribution < -0.4 is 10.7 Å². The summed E-state index contributed by atoms with van der Waals surface area (Å²) in [6.07, 6.45) is 1.61. The molecule has 27 heavy (non-hydrogen) atoms. The van der Waals surface area contributed by atoms with E-state index >= 15 is 0 Å². The van der Waals surface area contributed by atoms with Crippen LogP contribution in [0.2, 0.25) is 0 Å². The summed E-state index contributed by atoms with van der Waals surface area (Å²) in [6.45, 7) is 1.94. The van der Waals surface area contributed by atoms with Gasteiger partial charge in [0.15, 0.2) is 0 Å². The van der Waals surface area contributed by atoms with Gasteiger partial charge in [0.1, 0.15) is 0 Å². The maximum absolute atomic E-state index is 12.1. The summed E-state index contributed by atoms with van der Waals surface area (Å²) in [5, 5.41) is 9.65. The molecule has 5 nitrogen and oxygen atoms in total. The number of nitrogens with zero attached hydrogens (tertiary/aromatic N) is 1. The van der Waals surface area contributed by atoms with Crippen LogP contribution in [0.5, 0.6) is 0 Å². The first-order valence-corrected chi connectivity index (χ1v) is 10.3. The molecule has 0 aliphatic rings. The Morgan fingerprint density at radius 3 is 2.70 bits per heavy atom. The van der Waals surface area contributed by atoms with E-state index < -0.39 is 0 Å². The smallest absolute Gasteiger partial charge is 0.259 e. The Morgan fingerprint density at radius 1 is 1.15 bits per heavy atom. The zero-order valence-electron chi connectivity index (χ0n) is 14.8. The predicted octanol–water partition coefficient (Wildman–Crippen LogP) is 3.89. The van der Waals surface area contributed by atoms with Gasteiger partial charge in [-0.15, -0.1) is 23.1 Å². The molecule has 2 amide bonds. The molecule has 0 atom stereocenters. The van der Waals surface area contributed by atoms with Crippen LogP contribution in [0.1, 0.15) is 22.8 Å². The van der Waals surface area contributed by atoms with E-state index in [2.05, 4.69) is 22.8 Å². The Morgan fingerprint density at radius 2 is 1.93 bits per heavy atom. The molecule has 0 aliphatic carbocycles. The fourth-order valence-corrected chi connectivity index (χ4v) is 4.02. The molecule has 138 valence electrons. The topological polar surface area (TPSA) is 70.6 Å². The molecule has 3 aromatic rings. The third kappa shape index (κ3) is 5.18. The number of amides is 2. The van der Waals surface area contributed by atoms with Gasteiger partial charge < -0.3 is 5.32 Å². The fourth-order valence-electron chi connectivity index (χ4n) is 2.44. The number of benzene rings is 2. The molecule has 3 rings (SSSR count). The minimum Gasteiger partial charge on any atom is -0.343 e. The molecule has 0 spiro atoms. The number of rotatable bonds is 7. The van der Waals surface area contributed by atoms with Gasteiger partial charge in [-0.25, -0.2) is 5.43 Å². The van der Waals surface area contributed by atoms with E-state index in [-0.39, 0.29) is 18.4 Å². The summed E-state index contributed by atoms with van der Waals surface area (Å²) in [7, 11) is 0. The number of hydrazone groups is 1. The standard InChI is InChI=1S/C20H19N3O2S2/c1-2-26-16-9-7-14(8-10-16)20(25)21-12-19(24)23-22-11-15-13-27-18-6-4-3-5-17(15)18/h3-11,13H,2,12H2,1H3,(H,21,25)(H,23,24)/b22-11+. The molecule has 0 aliphatic heterocycles. The Balaban J connectivity index is 1.48. The van der Waals surface area contributed by atoms with Crippen LogP contribution in [-0.2, 0) is 4.79 Å². The molecule has 2 aromatic carbocycles. The van der Waals surface area contributed by atoms with Gasteiger partial charge in [0.05, 0.1) is 12.8 Å². The van der Waals surface area contributed by atoms with E-state index in [0.29, 0.717) is 5.56 Å². The van der Waals surface area contributed by atoms with Crippen molar-refractivity contribution in [3.63, 3.8) is 0 Å². The van der Waals surface area contributed by atoms with Crippen LogP contribution in [0.4, 0.5) is 0 Å². The number of fused-ring (bicyclic) bond motifs is 1. The van der Waals surface area contributed by atoms with Gasteiger partial charge in [0.25, 0.3) is 11.8 Å². The highest BCUT2D eigenvalue weighted by Crippen LogP contribution is 2.24. The Kier molecular flexibility index (Phi) is 6.62. The maximum atomic E-state index is 12.1. The molecule has 0 bridgehead atoms. The molecule has 0 saturated heterocycles. The van der Waals surface area contributed by atoms with Crippen molar-refractivity contribution >= 4 is 51.2 Å². The van der Waals surface area contributed by atoms with Gasteiger partial charge in [-0.05, 0) is 36.1 Å². The second kappa shape index (κ2) is 9.34. The van der Waals surface area contributed by atoms with Crippen LogP contribution >= 0.6 is 23.1 Å². The van der Waals surface area contributed by atoms with Crippen molar-refractivity contribution in [1.29, 1.82) is 0 Å². The first-order valence-electron chi connectivity index (χ1n) is 8.46. The van der Waals surface area contributed by atoms with E-state index in [0.717, 1.165) is 21.6 Å². The lowest BCUT2D eigenvalue weighted by molar-refractivity contribution is -0.120. The number of thiophene rings is 1. The Labute approximate surface area is 165 Å². The number of carbonyl (C=O) groups is 2. The van der Waals surface area contributed by atoms with Crippen molar-refractivity contribution in [3.05, 3.63) is 65.0 Å². The summed E-state index contributed by atoms with van der Waals surface area (Å²) in [5.41, 5.74) is 3.91. The van der Waals surface area contributed by atoms with E-state index in [9.17, 15) is 9.59 Å². The van der Waals surface area contributed by atoms with Crippen LogP contribution in [-0.4, -0.2) is 30.3 Å². The Bertz CT molecular complexity index is 965. The zero-order valence-corrected chi connectivity index (χ0v) is 16.4. The van der Waals surface area contributed by atoms with E-state index in [4.69, 9.17) is 0 Å². The third-order valence-electron chi connectivity index (χ3n) is 3.74. The van der Waals surface area contributed by atoms with Gasteiger partial charge in [0.2, 0.25) is 0 Å². The SMILES string of the molecule is CCSc1ccc(C(=O)NCC(=O)N/N=C/c2csc3ccccc23)cc1. The monoisotopic (exact) mass is 397 g/mol. The fraction of sp³-hybridized carbons (Fsp3) is 0.150. The first-order chi connectivity index (χ1) is 13.2. The van der Waals surface area contributed by atoms with Gasteiger partial charge in [-0.3, -0.25) is 9.59 Å². The highest BCUT2D eigenvalue weighted by molar-refractivity contribution is 7.99. The number of nitrogens with one attached hydrogen (secondary N) is 2. The van der Waals surface area contributed by atoms with Gasteiger partial charge in [-0.2, -0.15) is 5.10 Å². The second-order valence-corrected chi connectivity index (χ2v) is 7.87. The highest BCUT2D eigenvalue weighted by Gasteiger charge is 2.08. The first kappa shape index (κ1) is 19.1. The highest BCUT2D eigenvalue weighted by atomic mass is 32.2. The average Bonchev–Trinajstić information content (AvgIpc) is 3.10. The summed E-state index contributed by atoms with van der Waals surface area (Å²) >= 11 is 3.34. The van der Waals surface area contributed by atoms with Crippen LogP contribution in [0.25, 0.3) is 10.1 Å². The van der Waals surface area contributed by atoms with E-state index in [1.807, 2.05) is 41.8 Å². The van der Waals surface area contributed by atoms with Crippen LogP contribution in [0, 0.1) is 0 Å². The summed E-state index contributed by atoms with van der Waals surface area (Å²) < 4.78 is 1.17. The lowest BCUT2D eigenvalue weighted by Crippen LogP contribution is -2.34. The lowest BCUT2D eigenvalue weighted by Gasteiger charge is -2.05. The van der Waals surface area contributed by atoms with Gasteiger partial charge in [0, 0.05) is 31.5 Å². The number of hydrogen-bond acceptors (Lipinski definition) is 5. The van der Waals surface area contributed by atoms with Crippen LogP contribution in [0.15, 0.2) is 63.9 Å². The van der Waals surface area contributed by atoms with Crippen molar-refractivity contribution in [2.45, 2.75) is 11.8 Å². The number of thioether (sulfide) groups is 1. The molecule has 1 aromatic heterocycles. The number of hydrogen-bond donors (Lipinski definition) is 2. The van der Waals surface area contributed by atoms with Crippen molar-refractivity contribution in [1.82, 2.24) is 10.7 Å². The third-order valence-corrected chi connectivity index (χ3v) is 5.62. The average molecular weight is 398 g/mol. The van der Waals surface area contributed by atoms with E-state index in [1.165, 1.54) is 4.70 Å². The maximum Gasteiger partial charge on any atom is 0.259 e. The molecule has 0 fully saturated rings. The molecule has 1 heterocycles. The van der Waals surface area contributed by atoms with E-state index in [1.54, 1.807) is 41.4 Å². The second-order valence-electron chi connectivity index (χ2n) is 5.62. The zero-order chi connectivity index (χ0) is 19.1. The predicted molar refractivity (Wildman–Crippen MR) is 113 cm³/mol. The molecule has 0 saturated carbocycles. The quantitative estimate of drug-likeness (QED) is 0.361. The minimum absolute atomic E-state index is 0.133. The van der Waals surface area contributed by atoms with Crippen molar-refractivity contribution in [2.24, 2.45) is 5.10 Å². The molecule has 0 unspecified atom stereocenters.